The van der Waals surface area contributed by atoms with Crippen LogP contribution in [0.2, 0.25) is 5.02 Å². The van der Waals surface area contributed by atoms with Crippen LogP contribution >= 0.6 is 27.5 Å². The van der Waals surface area contributed by atoms with Gasteiger partial charge in [0.15, 0.2) is 0 Å². The second-order valence-electron chi connectivity index (χ2n) is 6.47. The minimum absolute atomic E-state index is 0.0135. The Morgan fingerprint density at radius 2 is 1.87 bits per heavy atom. The summed E-state index contributed by atoms with van der Waals surface area (Å²) in [6, 6.07) is 22.3. The van der Waals surface area contributed by atoms with Crippen LogP contribution in [0, 0.1) is 11.3 Å². The zero-order chi connectivity index (χ0) is 21.5. The number of anilines is 1. The van der Waals surface area contributed by atoms with Crippen LogP contribution in [0.3, 0.4) is 0 Å². The molecule has 6 heteroatoms. The quantitative estimate of drug-likeness (QED) is 0.334. The van der Waals surface area contributed by atoms with E-state index in [4.69, 9.17) is 16.3 Å². The Kier molecular flexibility index (Phi) is 7.29. The lowest BCUT2D eigenvalue weighted by atomic mass is 10.0. The molecule has 0 aliphatic rings. The van der Waals surface area contributed by atoms with Gasteiger partial charge in [-0.2, -0.15) is 5.26 Å². The van der Waals surface area contributed by atoms with Crippen molar-refractivity contribution in [3.63, 3.8) is 0 Å². The number of nitrogens with one attached hydrogen (secondary N) is 1. The lowest BCUT2D eigenvalue weighted by Gasteiger charge is -2.08. The number of ether oxygens (including phenoxy) is 1. The van der Waals surface area contributed by atoms with Gasteiger partial charge in [-0.3, -0.25) is 4.79 Å². The highest BCUT2D eigenvalue weighted by Gasteiger charge is 2.11. The van der Waals surface area contributed by atoms with Crippen LogP contribution in [0.15, 0.2) is 76.8 Å². The molecule has 3 rings (SSSR count). The number of carbonyl (C=O) groups excluding carboxylic acids is 1. The molecule has 3 aromatic carbocycles. The van der Waals surface area contributed by atoms with Crippen LogP contribution in [0.5, 0.6) is 5.75 Å². The van der Waals surface area contributed by atoms with Crippen LogP contribution < -0.4 is 10.1 Å². The summed E-state index contributed by atoms with van der Waals surface area (Å²) in [6.45, 7) is 0. The van der Waals surface area contributed by atoms with Gasteiger partial charge in [0.05, 0.1) is 7.11 Å². The molecule has 0 saturated heterocycles. The van der Waals surface area contributed by atoms with Crippen LogP contribution in [0.25, 0.3) is 6.08 Å². The molecule has 150 valence electrons. The average molecular weight is 482 g/mol. The molecular formula is C24H18BrClN2O2. The Morgan fingerprint density at radius 1 is 1.13 bits per heavy atom. The molecule has 3 aromatic rings. The monoisotopic (exact) mass is 480 g/mol. The predicted molar refractivity (Wildman–Crippen MR) is 124 cm³/mol. The molecule has 30 heavy (non-hydrogen) atoms. The van der Waals surface area contributed by atoms with Crippen molar-refractivity contribution in [2.45, 2.75) is 6.42 Å². The Balaban J connectivity index is 1.76. The molecule has 0 heterocycles. The summed E-state index contributed by atoms with van der Waals surface area (Å²) < 4.78 is 6.12. The summed E-state index contributed by atoms with van der Waals surface area (Å²) in [6.07, 6.45) is 2.19. The van der Waals surface area contributed by atoms with Crippen LogP contribution in [-0.2, 0) is 11.2 Å². The first-order chi connectivity index (χ1) is 14.5. The fraction of sp³-hybridized carbons (Fsp3) is 0.0833. The average Bonchev–Trinajstić information content (AvgIpc) is 2.75. The third kappa shape index (κ3) is 5.50. The van der Waals surface area contributed by atoms with Gasteiger partial charge in [-0.05, 0) is 59.2 Å². The van der Waals surface area contributed by atoms with Gasteiger partial charge in [-0.15, -0.1) is 0 Å². The van der Waals surface area contributed by atoms with E-state index in [1.807, 2.05) is 42.5 Å². The molecule has 1 amide bonds. The van der Waals surface area contributed by atoms with E-state index in [0.29, 0.717) is 28.4 Å². The second kappa shape index (κ2) is 10.1. The lowest BCUT2D eigenvalue weighted by molar-refractivity contribution is -0.112. The first kappa shape index (κ1) is 21.6. The summed E-state index contributed by atoms with van der Waals surface area (Å²) in [5.74, 6) is 0.192. The smallest absolute Gasteiger partial charge is 0.266 e. The zero-order valence-electron chi connectivity index (χ0n) is 16.2. The molecule has 0 aliphatic heterocycles. The van der Waals surface area contributed by atoms with E-state index >= 15 is 0 Å². The van der Waals surface area contributed by atoms with E-state index in [-0.39, 0.29) is 5.57 Å². The maximum Gasteiger partial charge on any atom is 0.266 e. The Hall–Kier alpha value is -3.07. The standard InChI is InChI=1S/C24H18BrClN2O2/c1-30-21-10-8-20(9-11-21)28-24(29)19(15-27)12-16-6-7-18(23(26)13-16)14-17-4-2-3-5-22(17)25/h2-13H,14H2,1H3,(H,28,29)/b19-12+. The van der Waals surface area contributed by atoms with Crippen molar-refractivity contribution in [1.82, 2.24) is 0 Å². The molecule has 4 nitrogen and oxygen atoms in total. The molecule has 0 aromatic heterocycles. The van der Waals surface area contributed by atoms with E-state index in [9.17, 15) is 10.1 Å². The maximum absolute atomic E-state index is 12.5. The second-order valence-corrected chi connectivity index (χ2v) is 7.73. The van der Waals surface area contributed by atoms with Crippen molar-refractivity contribution in [2.24, 2.45) is 0 Å². The van der Waals surface area contributed by atoms with Crippen molar-refractivity contribution in [1.29, 1.82) is 5.26 Å². The van der Waals surface area contributed by atoms with E-state index in [0.717, 1.165) is 15.6 Å². The van der Waals surface area contributed by atoms with Gasteiger partial charge in [-0.25, -0.2) is 0 Å². The normalized spacial score (nSPS) is 10.9. The van der Waals surface area contributed by atoms with Crippen LogP contribution in [0.1, 0.15) is 16.7 Å². The summed E-state index contributed by atoms with van der Waals surface area (Å²) in [5.41, 5.74) is 3.32. The van der Waals surface area contributed by atoms with E-state index in [1.165, 1.54) is 6.08 Å². The topological polar surface area (TPSA) is 62.1 Å². The Morgan fingerprint density at radius 3 is 2.50 bits per heavy atom. The lowest BCUT2D eigenvalue weighted by Crippen LogP contribution is -2.13. The molecule has 0 fully saturated rings. The van der Waals surface area contributed by atoms with Crippen molar-refractivity contribution >= 4 is 45.2 Å². The number of nitriles is 1. The third-order valence-corrected chi connectivity index (χ3v) is 5.57. The van der Waals surface area contributed by atoms with Crippen molar-refractivity contribution in [2.75, 3.05) is 12.4 Å². The number of hydrogen-bond acceptors (Lipinski definition) is 3. The third-order valence-electron chi connectivity index (χ3n) is 4.44. The van der Waals surface area contributed by atoms with Gasteiger partial charge < -0.3 is 10.1 Å². The number of benzene rings is 3. The largest absolute Gasteiger partial charge is 0.497 e. The summed E-state index contributed by atoms with van der Waals surface area (Å²) in [7, 11) is 1.57. The number of amides is 1. The van der Waals surface area contributed by atoms with Gasteiger partial charge in [0.25, 0.3) is 5.91 Å². The molecule has 0 atom stereocenters. The number of rotatable bonds is 6. The minimum Gasteiger partial charge on any atom is -0.497 e. The first-order valence-corrected chi connectivity index (χ1v) is 10.3. The number of nitrogens with zero attached hydrogens (tertiary/aromatic N) is 1. The molecule has 0 saturated carbocycles. The first-order valence-electron chi connectivity index (χ1n) is 9.09. The molecule has 1 N–H and O–H groups in total. The Bertz CT molecular complexity index is 1130. The van der Waals surface area contributed by atoms with Gasteiger partial charge >= 0.3 is 0 Å². The van der Waals surface area contributed by atoms with E-state index in [1.54, 1.807) is 37.4 Å². The fourth-order valence-electron chi connectivity index (χ4n) is 2.83. The van der Waals surface area contributed by atoms with Crippen LogP contribution in [-0.4, -0.2) is 13.0 Å². The number of halogens is 2. The molecular weight excluding hydrogens is 464 g/mol. The van der Waals surface area contributed by atoms with Gasteiger partial charge in [0.2, 0.25) is 0 Å². The number of methoxy groups -OCH3 is 1. The highest BCUT2D eigenvalue weighted by molar-refractivity contribution is 9.10. The number of hydrogen-bond donors (Lipinski definition) is 1. The summed E-state index contributed by atoms with van der Waals surface area (Å²) in [4.78, 5) is 12.5. The number of carbonyl (C=O) groups is 1. The molecule has 0 aliphatic carbocycles. The zero-order valence-corrected chi connectivity index (χ0v) is 18.5. The van der Waals surface area contributed by atoms with Crippen molar-refractivity contribution in [3.05, 3.63) is 98.5 Å². The van der Waals surface area contributed by atoms with Gasteiger partial charge in [0.1, 0.15) is 17.4 Å². The van der Waals surface area contributed by atoms with Crippen molar-refractivity contribution in [3.8, 4) is 11.8 Å². The van der Waals surface area contributed by atoms with Gasteiger partial charge in [-0.1, -0.05) is 57.9 Å². The minimum atomic E-state index is -0.490. The van der Waals surface area contributed by atoms with Gasteiger partial charge in [0, 0.05) is 21.6 Å². The highest BCUT2D eigenvalue weighted by Crippen LogP contribution is 2.26. The summed E-state index contributed by atoms with van der Waals surface area (Å²) in [5, 5.41) is 12.7. The SMILES string of the molecule is COc1ccc(NC(=O)/C(C#N)=C/c2ccc(Cc3ccccc3Br)c(Cl)c2)cc1. The molecule has 0 radical (unpaired) electrons. The maximum atomic E-state index is 12.5. The highest BCUT2D eigenvalue weighted by atomic mass is 79.9. The Labute approximate surface area is 188 Å². The molecule has 0 bridgehead atoms. The summed E-state index contributed by atoms with van der Waals surface area (Å²) >= 11 is 10.0. The van der Waals surface area contributed by atoms with Crippen molar-refractivity contribution < 1.29 is 9.53 Å². The molecule has 0 unspecified atom stereocenters. The van der Waals surface area contributed by atoms with E-state index in [2.05, 4.69) is 21.2 Å². The fourth-order valence-corrected chi connectivity index (χ4v) is 3.51. The van der Waals surface area contributed by atoms with E-state index < -0.39 is 5.91 Å². The predicted octanol–water partition coefficient (Wildman–Crippen LogP) is 6.25. The van der Waals surface area contributed by atoms with Crippen LogP contribution in [0.4, 0.5) is 5.69 Å². The molecule has 0 spiro atoms.